The van der Waals surface area contributed by atoms with E-state index < -0.39 is 0 Å². The average Bonchev–Trinajstić information content (AvgIpc) is 3.38. The van der Waals surface area contributed by atoms with E-state index in [4.69, 9.17) is 14.2 Å². The Hall–Kier alpha value is -3.48. The lowest BCUT2D eigenvalue weighted by Gasteiger charge is -2.26. The van der Waals surface area contributed by atoms with Crippen molar-refractivity contribution in [3.8, 4) is 28.5 Å². The first kappa shape index (κ1) is 23.7. The second-order valence-corrected chi connectivity index (χ2v) is 8.93. The number of benzene rings is 2. The lowest BCUT2D eigenvalue weighted by molar-refractivity contribution is 0.0743. The number of carbonyl (C=O) groups is 1. The molecule has 1 unspecified atom stereocenters. The van der Waals surface area contributed by atoms with Crippen LogP contribution in [-0.2, 0) is 0 Å². The molecule has 7 heteroatoms. The van der Waals surface area contributed by atoms with Gasteiger partial charge in [-0.2, -0.15) is 5.10 Å². The highest BCUT2D eigenvalue weighted by Gasteiger charge is 2.42. The maximum Gasteiger partial charge on any atom is 0.273 e. The molecular formula is C27H33N3O4. The van der Waals surface area contributed by atoms with Gasteiger partial charge in [-0.3, -0.25) is 9.89 Å². The molecule has 0 spiro atoms. The number of hydrogen-bond donors (Lipinski definition) is 1. The van der Waals surface area contributed by atoms with Gasteiger partial charge in [-0.25, -0.2) is 0 Å². The standard InChI is InChI=1S/C27H33N3O4/c1-6-14-30-26(19-9-12-21(22(16-19)33-5)34-15-13-17(2)3)23-24(28-29-25(23)27(30)31)18-7-10-20(32-4)11-8-18/h7-12,16-17,26H,6,13-15H2,1-5H3,(H,28,29). The van der Waals surface area contributed by atoms with Crippen LogP contribution in [0.3, 0.4) is 0 Å². The summed E-state index contributed by atoms with van der Waals surface area (Å²) in [4.78, 5) is 15.2. The summed E-state index contributed by atoms with van der Waals surface area (Å²) in [5.74, 6) is 2.67. The number of carbonyl (C=O) groups excluding carboxylic acids is 1. The highest BCUT2D eigenvalue weighted by molar-refractivity contribution is 6.00. The van der Waals surface area contributed by atoms with Gasteiger partial charge >= 0.3 is 0 Å². The number of fused-ring (bicyclic) bond motifs is 1. The van der Waals surface area contributed by atoms with Crippen LogP contribution >= 0.6 is 0 Å². The second-order valence-electron chi connectivity index (χ2n) is 8.93. The summed E-state index contributed by atoms with van der Waals surface area (Å²) in [6.45, 7) is 7.69. The fourth-order valence-electron chi connectivity index (χ4n) is 4.36. The summed E-state index contributed by atoms with van der Waals surface area (Å²) in [6, 6.07) is 13.4. The van der Waals surface area contributed by atoms with E-state index in [-0.39, 0.29) is 11.9 Å². The number of hydrogen-bond acceptors (Lipinski definition) is 5. The van der Waals surface area contributed by atoms with Crippen molar-refractivity contribution in [3.63, 3.8) is 0 Å². The Balaban J connectivity index is 1.75. The van der Waals surface area contributed by atoms with Crippen molar-refractivity contribution in [3.05, 3.63) is 59.3 Å². The molecule has 0 aliphatic carbocycles. The van der Waals surface area contributed by atoms with Gasteiger partial charge in [0, 0.05) is 17.7 Å². The smallest absolute Gasteiger partial charge is 0.273 e. The molecule has 0 fully saturated rings. The minimum atomic E-state index is -0.267. The van der Waals surface area contributed by atoms with Crippen LogP contribution < -0.4 is 14.2 Å². The van der Waals surface area contributed by atoms with Gasteiger partial charge < -0.3 is 19.1 Å². The van der Waals surface area contributed by atoms with E-state index in [1.54, 1.807) is 14.2 Å². The molecule has 1 aliphatic rings. The Kier molecular flexibility index (Phi) is 7.10. The summed E-state index contributed by atoms with van der Waals surface area (Å²) in [5, 5.41) is 7.53. The van der Waals surface area contributed by atoms with Crippen molar-refractivity contribution in [1.29, 1.82) is 0 Å². The molecule has 180 valence electrons. The number of aromatic amines is 1. The summed E-state index contributed by atoms with van der Waals surface area (Å²) < 4.78 is 17.0. The number of nitrogens with zero attached hydrogens (tertiary/aromatic N) is 2. The van der Waals surface area contributed by atoms with Crippen molar-refractivity contribution in [2.24, 2.45) is 5.92 Å². The second kappa shape index (κ2) is 10.2. The van der Waals surface area contributed by atoms with Crippen LogP contribution in [0.2, 0.25) is 0 Å². The van der Waals surface area contributed by atoms with Gasteiger partial charge in [-0.05, 0) is 60.7 Å². The van der Waals surface area contributed by atoms with E-state index in [2.05, 4.69) is 31.0 Å². The van der Waals surface area contributed by atoms with Crippen molar-refractivity contribution in [2.45, 2.75) is 39.7 Å². The zero-order valence-corrected chi connectivity index (χ0v) is 20.6. The van der Waals surface area contributed by atoms with Crippen molar-refractivity contribution in [1.82, 2.24) is 15.1 Å². The number of H-pyrrole nitrogens is 1. The molecule has 1 amide bonds. The van der Waals surface area contributed by atoms with Crippen LogP contribution in [0.4, 0.5) is 0 Å². The Morgan fingerprint density at radius 2 is 1.82 bits per heavy atom. The minimum Gasteiger partial charge on any atom is -0.497 e. The highest BCUT2D eigenvalue weighted by atomic mass is 16.5. The maximum absolute atomic E-state index is 13.3. The number of ether oxygens (including phenoxy) is 3. The number of methoxy groups -OCH3 is 2. The lowest BCUT2D eigenvalue weighted by Crippen LogP contribution is -2.30. The van der Waals surface area contributed by atoms with Gasteiger partial charge in [-0.1, -0.05) is 26.8 Å². The van der Waals surface area contributed by atoms with Gasteiger partial charge in [0.05, 0.1) is 32.6 Å². The SMILES string of the molecule is CCCN1C(=O)c2[nH]nc(-c3ccc(OC)cc3)c2C1c1ccc(OCCC(C)C)c(OC)c1. The highest BCUT2D eigenvalue weighted by Crippen LogP contribution is 2.44. The van der Waals surface area contributed by atoms with Crippen LogP contribution in [0.5, 0.6) is 17.2 Å². The Morgan fingerprint density at radius 1 is 1.06 bits per heavy atom. The normalized spacial score (nSPS) is 15.1. The molecule has 7 nitrogen and oxygen atoms in total. The molecule has 34 heavy (non-hydrogen) atoms. The molecular weight excluding hydrogens is 430 g/mol. The number of amides is 1. The first-order chi connectivity index (χ1) is 16.5. The third kappa shape index (κ3) is 4.47. The Labute approximate surface area is 201 Å². The van der Waals surface area contributed by atoms with E-state index in [0.717, 1.165) is 41.0 Å². The van der Waals surface area contributed by atoms with E-state index in [0.29, 0.717) is 36.3 Å². The topological polar surface area (TPSA) is 76.7 Å². The molecule has 0 radical (unpaired) electrons. The lowest BCUT2D eigenvalue weighted by atomic mass is 9.95. The summed E-state index contributed by atoms with van der Waals surface area (Å²) in [5.41, 5.74) is 4.09. The van der Waals surface area contributed by atoms with Crippen molar-refractivity contribution < 1.29 is 19.0 Å². The van der Waals surface area contributed by atoms with E-state index in [1.807, 2.05) is 47.4 Å². The van der Waals surface area contributed by atoms with Gasteiger partial charge in [0.1, 0.15) is 11.4 Å². The maximum atomic E-state index is 13.3. The van der Waals surface area contributed by atoms with Crippen LogP contribution in [0, 0.1) is 5.92 Å². The van der Waals surface area contributed by atoms with Crippen molar-refractivity contribution in [2.75, 3.05) is 27.4 Å². The average molecular weight is 464 g/mol. The molecule has 2 heterocycles. The zero-order valence-electron chi connectivity index (χ0n) is 20.6. The molecule has 0 saturated heterocycles. The minimum absolute atomic E-state index is 0.0367. The molecule has 1 aliphatic heterocycles. The first-order valence-corrected chi connectivity index (χ1v) is 11.8. The summed E-state index contributed by atoms with van der Waals surface area (Å²) in [6.07, 6.45) is 1.82. The summed E-state index contributed by atoms with van der Waals surface area (Å²) in [7, 11) is 3.28. The molecule has 4 rings (SSSR count). The Bertz CT molecular complexity index is 1140. The van der Waals surface area contributed by atoms with Crippen LogP contribution in [0.1, 0.15) is 61.3 Å². The van der Waals surface area contributed by atoms with Gasteiger partial charge in [0.15, 0.2) is 11.5 Å². The molecule has 1 aromatic heterocycles. The zero-order chi connectivity index (χ0) is 24.2. The molecule has 1 atom stereocenters. The third-order valence-electron chi connectivity index (χ3n) is 6.15. The van der Waals surface area contributed by atoms with E-state index >= 15 is 0 Å². The molecule has 2 aromatic carbocycles. The van der Waals surface area contributed by atoms with E-state index in [1.165, 1.54) is 0 Å². The number of rotatable bonds is 10. The molecule has 1 N–H and O–H groups in total. The molecule has 0 saturated carbocycles. The molecule has 3 aromatic rings. The summed E-state index contributed by atoms with van der Waals surface area (Å²) >= 11 is 0. The van der Waals surface area contributed by atoms with Gasteiger partial charge in [0.25, 0.3) is 5.91 Å². The van der Waals surface area contributed by atoms with E-state index in [9.17, 15) is 4.79 Å². The van der Waals surface area contributed by atoms with Gasteiger partial charge in [0.2, 0.25) is 0 Å². The Morgan fingerprint density at radius 3 is 2.47 bits per heavy atom. The van der Waals surface area contributed by atoms with Crippen molar-refractivity contribution >= 4 is 5.91 Å². The fourth-order valence-corrected chi connectivity index (χ4v) is 4.36. The number of aromatic nitrogens is 2. The molecule has 0 bridgehead atoms. The van der Waals surface area contributed by atoms with Crippen LogP contribution in [0.15, 0.2) is 42.5 Å². The third-order valence-corrected chi connectivity index (χ3v) is 6.15. The number of nitrogens with one attached hydrogen (secondary N) is 1. The fraction of sp³-hybridized carbons (Fsp3) is 0.407. The quantitative estimate of drug-likeness (QED) is 0.431. The largest absolute Gasteiger partial charge is 0.497 e. The predicted octanol–water partition coefficient (Wildman–Crippen LogP) is 5.47. The monoisotopic (exact) mass is 463 g/mol. The van der Waals surface area contributed by atoms with Gasteiger partial charge in [-0.15, -0.1) is 0 Å². The first-order valence-electron chi connectivity index (χ1n) is 11.8. The van der Waals surface area contributed by atoms with Crippen LogP contribution in [-0.4, -0.2) is 48.4 Å². The predicted molar refractivity (Wildman–Crippen MR) is 132 cm³/mol. The van der Waals surface area contributed by atoms with Crippen LogP contribution in [0.25, 0.3) is 11.3 Å².